The molecule has 23 heavy (non-hydrogen) atoms. The number of nitrogens with two attached hydrogens (primary N) is 1. The fraction of sp³-hybridized carbons (Fsp3) is 0.562. The lowest BCUT2D eigenvalue weighted by Gasteiger charge is -2.24. The molecule has 2 fully saturated rings. The van der Waals surface area contributed by atoms with Gasteiger partial charge in [-0.1, -0.05) is 11.8 Å². The van der Waals surface area contributed by atoms with E-state index < -0.39 is 12.0 Å². The van der Waals surface area contributed by atoms with Gasteiger partial charge in [0.15, 0.2) is 5.37 Å². The number of carboxylic acids is 1. The Morgan fingerprint density at radius 1 is 1.48 bits per heavy atom. The van der Waals surface area contributed by atoms with Gasteiger partial charge in [-0.05, 0) is 18.2 Å². The Kier molecular flexibility index (Phi) is 5.42. The first kappa shape index (κ1) is 16.6. The quantitative estimate of drug-likeness (QED) is 0.622. The van der Waals surface area contributed by atoms with Crippen LogP contribution in [-0.2, 0) is 16.1 Å². The molecule has 3 rings (SSSR count). The molecule has 0 aromatic heterocycles. The Morgan fingerprint density at radius 2 is 2.26 bits per heavy atom. The third-order valence-electron chi connectivity index (χ3n) is 4.44. The number of benzene rings is 1. The number of hydrogen-bond acceptors (Lipinski definition) is 5. The van der Waals surface area contributed by atoms with E-state index in [-0.39, 0.29) is 5.37 Å². The van der Waals surface area contributed by atoms with Crippen LogP contribution in [0.1, 0.15) is 16.5 Å². The molecule has 0 saturated carbocycles. The van der Waals surface area contributed by atoms with Crippen molar-refractivity contribution in [1.29, 1.82) is 0 Å². The maximum Gasteiger partial charge on any atom is 0.159 e. The van der Waals surface area contributed by atoms with Crippen molar-refractivity contribution in [2.24, 2.45) is 0 Å². The van der Waals surface area contributed by atoms with Crippen LogP contribution in [-0.4, -0.2) is 51.2 Å². The molecule has 2 aliphatic rings. The number of hydrogen-bond donors (Lipinski definition) is 2. The molecule has 2 heterocycles. The van der Waals surface area contributed by atoms with E-state index in [9.17, 15) is 9.90 Å². The predicted molar refractivity (Wildman–Crippen MR) is 84.1 cm³/mol. The SMILES string of the molecule is COc1ccc([C@@H]2[NH2+][C@@H](C(=O)[O-])CS2)cc1C[NH+]1CCOCC1. The molecule has 0 radical (unpaired) electrons. The van der Waals surface area contributed by atoms with Gasteiger partial charge < -0.3 is 29.6 Å². The summed E-state index contributed by atoms with van der Waals surface area (Å²) in [6.07, 6.45) is 0. The van der Waals surface area contributed by atoms with E-state index in [0.29, 0.717) is 5.75 Å². The maximum absolute atomic E-state index is 11.0. The Balaban J connectivity index is 1.74. The number of nitrogens with one attached hydrogen (secondary N) is 1. The molecule has 126 valence electrons. The fourth-order valence-electron chi connectivity index (χ4n) is 3.10. The van der Waals surface area contributed by atoms with Crippen molar-refractivity contribution < 1.29 is 29.6 Å². The van der Waals surface area contributed by atoms with Crippen molar-refractivity contribution in [2.75, 3.05) is 39.2 Å². The van der Waals surface area contributed by atoms with Gasteiger partial charge in [0.25, 0.3) is 0 Å². The summed E-state index contributed by atoms with van der Waals surface area (Å²) < 4.78 is 10.9. The number of ether oxygens (including phenoxy) is 2. The first-order valence-electron chi connectivity index (χ1n) is 7.93. The number of morpholine rings is 1. The summed E-state index contributed by atoms with van der Waals surface area (Å²) in [5.41, 5.74) is 2.31. The molecule has 0 spiro atoms. The number of rotatable bonds is 5. The third-order valence-corrected chi connectivity index (χ3v) is 5.78. The summed E-state index contributed by atoms with van der Waals surface area (Å²) in [6, 6.07) is 5.72. The molecule has 0 aliphatic carbocycles. The summed E-state index contributed by atoms with van der Waals surface area (Å²) in [7, 11) is 1.69. The largest absolute Gasteiger partial charge is 0.544 e. The number of carbonyl (C=O) groups excluding carboxylic acids is 1. The van der Waals surface area contributed by atoms with Crippen LogP contribution in [0, 0.1) is 0 Å². The highest BCUT2D eigenvalue weighted by molar-refractivity contribution is 7.99. The Labute approximate surface area is 140 Å². The number of quaternary nitrogens is 2. The van der Waals surface area contributed by atoms with Gasteiger partial charge in [-0.3, -0.25) is 0 Å². The van der Waals surface area contributed by atoms with Crippen LogP contribution in [0.4, 0.5) is 0 Å². The van der Waals surface area contributed by atoms with Gasteiger partial charge in [0.2, 0.25) is 0 Å². The van der Waals surface area contributed by atoms with E-state index in [1.165, 1.54) is 10.5 Å². The number of thioether (sulfide) groups is 1. The zero-order valence-corrected chi connectivity index (χ0v) is 14.1. The summed E-state index contributed by atoms with van der Waals surface area (Å²) in [5, 5.41) is 13.0. The predicted octanol–water partition coefficient (Wildman–Crippen LogP) is -2.46. The first-order valence-corrected chi connectivity index (χ1v) is 8.98. The Bertz CT molecular complexity index is 563. The van der Waals surface area contributed by atoms with Crippen molar-refractivity contribution in [1.82, 2.24) is 0 Å². The highest BCUT2D eigenvalue weighted by Gasteiger charge is 2.31. The van der Waals surface area contributed by atoms with Gasteiger partial charge >= 0.3 is 0 Å². The van der Waals surface area contributed by atoms with Crippen molar-refractivity contribution in [2.45, 2.75) is 18.0 Å². The average molecular weight is 339 g/mol. The molecular weight excluding hydrogens is 316 g/mol. The second-order valence-corrected chi connectivity index (χ2v) is 7.16. The van der Waals surface area contributed by atoms with Crippen LogP contribution in [0.5, 0.6) is 5.75 Å². The normalized spacial score (nSPS) is 25.4. The Hall–Kier alpha value is -1.28. The molecule has 2 atom stereocenters. The molecular formula is C16H23N2O4S+. The van der Waals surface area contributed by atoms with Crippen molar-refractivity contribution in [3.63, 3.8) is 0 Å². The monoisotopic (exact) mass is 339 g/mol. The molecule has 3 N–H and O–H groups in total. The number of aliphatic carboxylic acids is 1. The van der Waals surface area contributed by atoms with E-state index in [1.54, 1.807) is 18.9 Å². The van der Waals surface area contributed by atoms with E-state index in [1.807, 2.05) is 17.4 Å². The standard InChI is InChI=1S/C16H22N2O4S/c1-21-14-3-2-11(15-17-13(10-23-15)16(19)20)8-12(14)9-18-4-6-22-7-5-18/h2-3,8,13,15,17H,4-7,9-10H2,1H3,(H,19,20)/p+1/t13-,15-/m1/s1. The highest BCUT2D eigenvalue weighted by atomic mass is 32.2. The molecule has 1 aromatic rings. The summed E-state index contributed by atoms with van der Waals surface area (Å²) in [5.74, 6) is 0.502. The molecule has 7 heteroatoms. The summed E-state index contributed by atoms with van der Waals surface area (Å²) >= 11 is 1.66. The fourth-order valence-corrected chi connectivity index (χ4v) is 4.40. The van der Waals surface area contributed by atoms with Crippen LogP contribution >= 0.6 is 11.8 Å². The lowest BCUT2D eigenvalue weighted by Crippen LogP contribution is -3.12. The van der Waals surface area contributed by atoms with Crippen LogP contribution in [0.2, 0.25) is 0 Å². The zero-order chi connectivity index (χ0) is 16.2. The van der Waals surface area contributed by atoms with Gasteiger partial charge in [0.05, 0.1) is 26.1 Å². The van der Waals surface area contributed by atoms with Gasteiger partial charge in [0.1, 0.15) is 37.4 Å². The third kappa shape index (κ3) is 3.98. The molecule has 2 aliphatic heterocycles. The van der Waals surface area contributed by atoms with E-state index in [4.69, 9.17) is 9.47 Å². The second kappa shape index (κ2) is 7.53. The smallest absolute Gasteiger partial charge is 0.159 e. The summed E-state index contributed by atoms with van der Waals surface area (Å²) in [6.45, 7) is 4.52. The van der Waals surface area contributed by atoms with Crippen LogP contribution in [0.25, 0.3) is 0 Å². The molecule has 2 saturated heterocycles. The lowest BCUT2D eigenvalue weighted by molar-refractivity contribution is -0.921. The van der Waals surface area contributed by atoms with Gasteiger partial charge in [-0.25, -0.2) is 0 Å². The van der Waals surface area contributed by atoms with Crippen LogP contribution < -0.4 is 20.1 Å². The molecule has 0 bridgehead atoms. The minimum atomic E-state index is -0.980. The van der Waals surface area contributed by atoms with E-state index >= 15 is 0 Å². The maximum atomic E-state index is 11.0. The van der Waals surface area contributed by atoms with Crippen LogP contribution in [0.15, 0.2) is 18.2 Å². The highest BCUT2D eigenvalue weighted by Crippen LogP contribution is 2.30. The minimum absolute atomic E-state index is 0.113. The number of carboxylic acid groups (broad SMARTS) is 1. The lowest BCUT2D eigenvalue weighted by atomic mass is 10.1. The van der Waals surface area contributed by atoms with Crippen molar-refractivity contribution in [3.05, 3.63) is 29.3 Å². The number of methoxy groups -OCH3 is 1. The van der Waals surface area contributed by atoms with Crippen LogP contribution in [0.3, 0.4) is 0 Å². The average Bonchev–Trinajstić information content (AvgIpc) is 3.06. The molecule has 1 aromatic carbocycles. The van der Waals surface area contributed by atoms with E-state index in [2.05, 4.69) is 6.07 Å². The zero-order valence-electron chi connectivity index (χ0n) is 13.2. The minimum Gasteiger partial charge on any atom is -0.544 e. The first-order chi connectivity index (χ1) is 11.2. The summed E-state index contributed by atoms with van der Waals surface area (Å²) in [4.78, 5) is 12.5. The Morgan fingerprint density at radius 3 is 2.91 bits per heavy atom. The van der Waals surface area contributed by atoms with E-state index in [0.717, 1.165) is 44.2 Å². The van der Waals surface area contributed by atoms with Crippen molar-refractivity contribution >= 4 is 17.7 Å². The topological polar surface area (TPSA) is 79.6 Å². The van der Waals surface area contributed by atoms with Gasteiger partial charge in [-0.2, -0.15) is 0 Å². The van der Waals surface area contributed by atoms with Gasteiger partial charge in [-0.15, -0.1) is 0 Å². The molecule has 6 nitrogen and oxygen atoms in total. The van der Waals surface area contributed by atoms with Crippen molar-refractivity contribution in [3.8, 4) is 5.75 Å². The second-order valence-electron chi connectivity index (χ2n) is 5.98. The molecule has 0 amide bonds. The molecule has 0 unspecified atom stereocenters. The van der Waals surface area contributed by atoms with Gasteiger partial charge in [0, 0.05) is 11.1 Å². The number of carbonyl (C=O) groups is 1.